The first-order valence-corrected chi connectivity index (χ1v) is 4.80. The van der Waals surface area contributed by atoms with Crippen LogP contribution in [-0.4, -0.2) is 0 Å². The van der Waals surface area contributed by atoms with Gasteiger partial charge in [0.1, 0.15) is 6.07 Å². The van der Waals surface area contributed by atoms with Crippen LogP contribution in [-0.2, 0) is 0 Å². The maximum absolute atomic E-state index is 9.13. The highest BCUT2D eigenvalue weighted by molar-refractivity contribution is 5.94. The fraction of sp³-hybridized carbons (Fsp3) is 0. The van der Waals surface area contributed by atoms with Crippen molar-refractivity contribution >= 4 is 16.8 Å². The van der Waals surface area contributed by atoms with Crippen molar-refractivity contribution in [2.75, 3.05) is 0 Å². The summed E-state index contributed by atoms with van der Waals surface area (Å²) in [6, 6.07) is 13.3. The van der Waals surface area contributed by atoms with Crippen LogP contribution >= 0.6 is 0 Å². The van der Waals surface area contributed by atoms with Gasteiger partial charge in [-0.15, -0.1) is 0 Å². The highest BCUT2D eigenvalue weighted by Crippen LogP contribution is 2.25. The smallest absolute Gasteiger partial charge is 0.100 e. The lowest BCUT2D eigenvalue weighted by molar-refractivity contribution is 1.48. The molecule has 0 atom stereocenters. The summed E-state index contributed by atoms with van der Waals surface area (Å²) < 4.78 is 0. The molecule has 2 nitrogen and oxygen atoms in total. The number of benzene rings is 2. The lowest BCUT2D eigenvalue weighted by atomic mass is 9.97. The van der Waals surface area contributed by atoms with E-state index in [1.54, 1.807) is 18.2 Å². The third kappa shape index (κ3) is 1.34. The number of fused-ring (bicyclic) bond motifs is 1. The summed E-state index contributed by atoms with van der Waals surface area (Å²) in [6.07, 6.45) is 1.65. The zero-order valence-corrected chi connectivity index (χ0v) is 8.57. The minimum atomic E-state index is 0.574. The fourth-order valence-electron chi connectivity index (χ4n) is 1.77. The van der Waals surface area contributed by atoms with Gasteiger partial charge < -0.3 is 0 Å². The van der Waals surface area contributed by atoms with Gasteiger partial charge in [-0.2, -0.15) is 10.5 Å². The fourth-order valence-corrected chi connectivity index (χ4v) is 1.77. The van der Waals surface area contributed by atoms with E-state index in [-0.39, 0.29) is 0 Å². The molecule has 2 heteroatoms. The average Bonchev–Trinajstić information content (AvgIpc) is 2.36. The van der Waals surface area contributed by atoms with E-state index in [0.29, 0.717) is 11.1 Å². The maximum Gasteiger partial charge on any atom is 0.100 e. The molecule has 0 amide bonds. The van der Waals surface area contributed by atoms with Gasteiger partial charge >= 0.3 is 0 Å². The van der Waals surface area contributed by atoms with Crippen molar-refractivity contribution in [3.8, 4) is 12.1 Å². The van der Waals surface area contributed by atoms with Gasteiger partial charge in [0.25, 0.3) is 0 Å². The SMILES string of the molecule is C=Cc1ccc2c(C#N)cccc2c1C#N. The Morgan fingerprint density at radius 1 is 1.00 bits per heavy atom. The Hall–Kier alpha value is -2.58. The van der Waals surface area contributed by atoms with Crippen LogP contribution in [0, 0.1) is 22.7 Å². The summed E-state index contributed by atoms with van der Waals surface area (Å²) in [4.78, 5) is 0. The number of nitriles is 2. The predicted octanol–water partition coefficient (Wildman–Crippen LogP) is 3.23. The van der Waals surface area contributed by atoms with Gasteiger partial charge in [0, 0.05) is 10.8 Å². The molecule has 0 aliphatic rings. The van der Waals surface area contributed by atoms with E-state index in [4.69, 9.17) is 10.5 Å². The van der Waals surface area contributed by atoms with Gasteiger partial charge in [-0.25, -0.2) is 0 Å². The van der Waals surface area contributed by atoms with Crippen LogP contribution in [0.5, 0.6) is 0 Å². The lowest BCUT2D eigenvalue weighted by Crippen LogP contribution is -1.87. The van der Waals surface area contributed by atoms with Crippen LogP contribution in [0.25, 0.3) is 16.8 Å². The second-order valence-electron chi connectivity index (χ2n) is 3.36. The van der Waals surface area contributed by atoms with Crippen molar-refractivity contribution in [2.45, 2.75) is 0 Å². The Morgan fingerprint density at radius 2 is 1.81 bits per heavy atom. The van der Waals surface area contributed by atoms with Crippen LogP contribution in [0.15, 0.2) is 36.9 Å². The van der Waals surface area contributed by atoms with Crippen molar-refractivity contribution in [3.63, 3.8) is 0 Å². The topological polar surface area (TPSA) is 47.6 Å². The van der Waals surface area contributed by atoms with Gasteiger partial charge in [0.05, 0.1) is 17.2 Å². The summed E-state index contributed by atoms with van der Waals surface area (Å²) in [5.74, 6) is 0. The van der Waals surface area contributed by atoms with Crippen LogP contribution in [0.1, 0.15) is 16.7 Å². The summed E-state index contributed by atoms with van der Waals surface area (Å²) in [5, 5.41) is 19.7. The molecule has 0 N–H and O–H groups in total. The molecule has 0 aliphatic carbocycles. The Bertz CT molecular complexity index is 655. The van der Waals surface area contributed by atoms with E-state index >= 15 is 0 Å². The van der Waals surface area contributed by atoms with Crippen molar-refractivity contribution in [1.29, 1.82) is 10.5 Å². The second kappa shape index (κ2) is 3.88. The largest absolute Gasteiger partial charge is 0.192 e. The molecular weight excluding hydrogens is 196 g/mol. The minimum Gasteiger partial charge on any atom is -0.192 e. The summed E-state index contributed by atoms with van der Waals surface area (Å²) in [6.45, 7) is 3.67. The first-order chi connectivity index (χ1) is 7.81. The quantitative estimate of drug-likeness (QED) is 0.715. The highest BCUT2D eigenvalue weighted by atomic mass is 14.3. The number of rotatable bonds is 1. The molecule has 0 spiro atoms. The molecule has 0 fully saturated rings. The van der Waals surface area contributed by atoms with Gasteiger partial charge in [-0.3, -0.25) is 0 Å². The monoisotopic (exact) mass is 204 g/mol. The molecule has 74 valence electrons. The van der Waals surface area contributed by atoms with E-state index in [0.717, 1.165) is 16.3 Å². The highest BCUT2D eigenvalue weighted by Gasteiger charge is 2.07. The van der Waals surface area contributed by atoms with E-state index in [2.05, 4.69) is 18.7 Å². The standard InChI is InChI=1S/C14H8N2/c1-2-10-6-7-12-11(8-15)4-3-5-13(12)14(10)9-16/h2-7H,1H2. The predicted molar refractivity (Wildman–Crippen MR) is 63.5 cm³/mol. The molecule has 16 heavy (non-hydrogen) atoms. The molecule has 0 radical (unpaired) electrons. The Labute approximate surface area is 93.7 Å². The molecule has 0 bridgehead atoms. The van der Waals surface area contributed by atoms with E-state index in [1.807, 2.05) is 18.2 Å². The normalized spacial score (nSPS) is 9.38. The molecule has 0 aromatic heterocycles. The maximum atomic E-state index is 9.13. The van der Waals surface area contributed by atoms with Crippen LogP contribution in [0.4, 0.5) is 0 Å². The average molecular weight is 204 g/mol. The molecule has 2 rings (SSSR count). The third-order valence-corrected chi connectivity index (χ3v) is 2.55. The Kier molecular flexibility index (Phi) is 2.42. The van der Waals surface area contributed by atoms with Crippen molar-refractivity contribution in [1.82, 2.24) is 0 Å². The summed E-state index contributed by atoms with van der Waals surface area (Å²) >= 11 is 0. The molecule has 0 saturated heterocycles. The zero-order chi connectivity index (χ0) is 11.5. The first kappa shape index (κ1) is 9.96. The minimum absolute atomic E-state index is 0.574. The van der Waals surface area contributed by atoms with Crippen LogP contribution in [0.3, 0.4) is 0 Å². The summed E-state index contributed by atoms with van der Waals surface area (Å²) in [5.41, 5.74) is 1.96. The Balaban J connectivity index is 2.97. The molecule has 0 aliphatic heterocycles. The van der Waals surface area contributed by atoms with E-state index in [9.17, 15) is 0 Å². The first-order valence-electron chi connectivity index (χ1n) is 4.80. The number of hydrogen-bond acceptors (Lipinski definition) is 2. The molecule has 0 unspecified atom stereocenters. The molecule has 2 aromatic carbocycles. The molecule has 0 heterocycles. The van der Waals surface area contributed by atoms with Crippen LogP contribution < -0.4 is 0 Å². The second-order valence-corrected chi connectivity index (χ2v) is 3.36. The van der Waals surface area contributed by atoms with Gasteiger partial charge in [0.15, 0.2) is 0 Å². The third-order valence-electron chi connectivity index (χ3n) is 2.55. The zero-order valence-electron chi connectivity index (χ0n) is 8.57. The van der Waals surface area contributed by atoms with Gasteiger partial charge in [-0.05, 0) is 11.6 Å². The lowest BCUT2D eigenvalue weighted by Gasteiger charge is -2.04. The van der Waals surface area contributed by atoms with Crippen LogP contribution in [0.2, 0.25) is 0 Å². The molecule has 0 saturated carbocycles. The van der Waals surface area contributed by atoms with Gasteiger partial charge in [0.2, 0.25) is 0 Å². The van der Waals surface area contributed by atoms with Gasteiger partial charge in [-0.1, -0.05) is 36.9 Å². The molecular formula is C14H8N2. The van der Waals surface area contributed by atoms with Crippen molar-refractivity contribution in [3.05, 3.63) is 53.6 Å². The summed E-state index contributed by atoms with van der Waals surface area (Å²) in [7, 11) is 0. The van der Waals surface area contributed by atoms with Crippen molar-refractivity contribution < 1.29 is 0 Å². The van der Waals surface area contributed by atoms with Crippen molar-refractivity contribution in [2.24, 2.45) is 0 Å². The van der Waals surface area contributed by atoms with E-state index in [1.165, 1.54) is 0 Å². The number of nitrogens with zero attached hydrogens (tertiary/aromatic N) is 2. The molecule has 2 aromatic rings. The number of hydrogen-bond donors (Lipinski definition) is 0. The Morgan fingerprint density at radius 3 is 2.44 bits per heavy atom. The van der Waals surface area contributed by atoms with E-state index < -0.39 is 0 Å².